The van der Waals surface area contributed by atoms with E-state index in [4.69, 9.17) is 16.3 Å². The summed E-state index contributed by atoms with van der Waals surface area (Å²) in [5.74, 6) is 1.20. The number of benzene rings is 1. The molecule has 1 aliphatic rings. The summed E-state index contributed by atoms with van der Waals surface area (Å²) in [6, 6.07) is 3.63. The van der Waals surface area contributed by atoms with Gasteiger partial charge in [0.1, 0.15) is 5.75 Å². The normalized spacial score (nSPS) is 15.1. The molecule has 80 valence electrons. The van der Waals surface area contributed by atoms with Gasteiger partial charge in [0.2, 0.25) is 5.91 Å². The van der Waals surface area contributed by atoms with Crippen LogP contribution in [0.2, 0.25) is 5.02 Å². The van der Waals surface area contributed by atoms with E-state index in [1.165, 1.54) is 11.8 Å². The van der Waals surface area contributed by atoms with E-state index in [2.05, 4.69) is 0 Å². The molecule has 1 aromatic carbocycles. The predicted octanol–water partition coefficient (Wildman–Crippen LogP) is 2.42. The second-order valence-corrected chi connectivity index (χ2v) is 4.62. The van der Waals surface area contributed by atoms with Crippen LogP contribution in [0.15, 0.2) is 17.0 Å². The molecule has 0 N–H and O–H groups in total. The molecule has 1 aliphatic heterocycles. The molecule has 0 saturated carbocycles. The van der Waals surface area contributed by atoms with Crippen LogP contribution >= 0.6 is 23.4 Å². The number of hydrogen-bond donors (Lipinski definition) is 0. The SMILES string of the molecule is COc1cc2c(cc1Cl)N(C)C(=O)CS2. The summed E-state index contributed by atoms with van der Waals surface area (Å²) in [6.45, 7) is 0. The van der Waals surface area contributed by atoms with Crippen molar-refractivity contribution < 1.29 is 9.53 Å². The number of methoxy groups -OCH3 is 1. The van der Waals surface area contributed by atoms with Crippen LogP contribution in [0.4, 0.5) is 5.69 Å². The Labute approximate surface area is 97.3 Å². The maximum atomic E-state index is 11.5. The Bertz CT molecular complexity index is 422. The molecule has 0 radical (unpaired) electrons. The first kappa shape index (κ1) is 10.6. The van der Waals surface area contributed by atoms with Crippen molar-refractivity contribution in [3.8, 4) is 5.75 Å². The van der Waals surface area contributed by atoms with E-state index in [0.717, 1.165) is 10.6 Å². The maximum Gasteiger partial charge on any atom is 0.237 e. The van der Waals surface area contributed by atoms with Crippen molar-refractivity contribution in [3.63, 3.8) is 0 Å². The van der Waals surface area contributed by atoms with Crippen LogP contribution in [0.3, 0.4) is 0 Å². The lowest BCUT2D eigenvalue weighted by atomic mass is 10.2. The summed E-state index contributed by atoms with van der Waals surface area (Å²) in [7, 11) is 3.33. The van der Waals surface area contributed by atoms with Crippen LogP contribution in [0.5, 0.6) is 5.75 Å². The molecule has 0 saturated heterocycles. The Balaban J connectivity index is 2.52. The second-order valence-electron chi connectivity index (χ2n) is 3.20. The molecule has 0 spiro atoms. The molecule has 0 bridgehead atoms. The number of carbonyl (C=O) groups excluding carboxylic acids is 1. The van der Waals surface area contributed by atoms with Crippen LogP contribution < -0.4 is 9.64 Å². The van der Waals surface area contributed by atoms with E-state index in [9.17, 15) is 4.79 Å². The first-order valence-corrected chi connectivity index (χ1v) is 5.76. The highest BCUT2D eigenvalue weighted by Gasteiger charge is 2.23. The highest BCUT2D eigenvalue weighted by atomic mass is 35.5. The number of rotatable bonds is 1. The number of amides is 1. The van der Waals surface area contributed by atoms with Crippen molar-refractivity contribution in [2.24, 2.45) is 0 Å². The summed E-state index contributed by atoms with van der Waals surface area (Å²) in [5.41, 5.74) is 0.849. The zero-order valence-corrected chi connectivity index (χ0v) is 9.98. The van der Waals surface area contributed by atoms with Gasteiger partial charge in [0.05, 0.1) is 23.6 Å². The van der Waals surface area contributed by atoms with Gasteiger partial charge in [-0.3, -0.25) is 4.79 Å². The van der Waals surface area contributed by atoms with Gasteiger partial charge in [-0.1, -0.05) is 11.6 Å². The zero-order valence-electron chi connectivity index (χ0n) is 8.41. The molecular weight excluding hydrogens is 234 g/mol. The molecular formula is C10H10ClNO2S. The van der Waals surface area contributed by atoms with Crippen LogP contribution in [-0.2, 0) is 4.79 Å². The molecule has 1 amide bonds. The van der Waals surface area contributed by atoms with Gasteiger partial charge >= 0.3 is 0 Å². The standard InChI is InChI=1S/C10H10ClNO2S/c1-12-7-3-6(11)8(14-2)4-9(7)15-5-10(12)13/h3-4H,5H2,1-2H3. The fourth-order valence-corrected chi connectivity index (χ4v) is 2.67. The van der Waals surface area contributed by atoms with E-state index in [0.29, 0.717) is 16.5 Å². The zero-order chi connectivity index (χ0) is 11.0. The number of anilines is 1. The van der Waals surface area contributed by atoms with Crippen molar-refractivity contribution in [2.75, 3.05) is 24.8 Å². The number of fused-ring (bicyclic) bond motifs is 1. The molecule has 2 rings (SSSR count). The Morgan fingerprint density at radius 1 is 1.53 bits per heavy atom. The topological polar surface area (TPSA) is 29.5 Å². The molecule has 0 fully saturated rings. The third-order valence-electron chi connectivity index (χ3n) is 2.32. The third kappa shape index (κ3) is 1.79. The van der Waals surface area contributed by atoms with E-state index in [1.807, 2.05) is 6.07 Å². The predicted molar refractivity (Wildman–Crippen MR) is 62.1 cm³/mol. The van der Waals surface area contributed by atoms with Gasteiger partial charge < -0.3 is 9.64 Å². The highest BCUT2D eigenvalue weighted by molar-refractivity contribution is 8.00. The largest absolute Gasteiger partial charge is 0.495 e. The molecule has 0 atom stereocenters. The fraction of sp³-hybridized carbons (Fsp3) is 0.300. The lowest BCUT2D eigenvalue weighted by Crippen LogP contribution is -2.31. The molecule has 1 aromatic rings. The Hall–Kier alpha value is -0.870. The number of nitrogens with zero attached hydrogens (tertiary/aromatic N) is 1. The summed E-state index contributed by atoms with van der Waals surface area (Å²) >= 11 is 7.51. The first-order valence-electron chi connectivity index (χ1n) is 4.40. The van der Waals surface area contributed by atoms with E-state index in [1.54, 1.807) is 25.1 Å². The van der Waals surface area contributed by atoms with Crippen molar-refractivity contribution in [1.29, 1.82) is 0 Å². The number of carbonyl (C=O) groups is 1. The number of thioether (sulfide) groups is 1. The number of hydrogen-bond acceptors (Lipinski definition) is 3. The molecule has 3 nitrogen and oxygen atoms in total. The van der Waals surface area contributed by atoms with E-state index in [-0.39, 0.29) is 5.91 Å². The van der Waals surface area contributed by atoms with Gasteiger partial charge in [-0.15, -0.1) is 11.8 Å². The number of halogens is 1. The summed E-state index contributed by atoms with van der Waals surface area (Å²) in [5, 5.41) is 0.526. The summed E-state index contributed by atoms with van der Waals surface area (Å²) in [6.07, 6.45) is 0. The lowest BCUT2D eigenvalue weighted by Gasteiger charge is -2.25. The second kappa shape index (κ2) is 3.94. The molecule has 0 aliphatic carbocycles. The Morgan fingerprint density at radius 3 is 2.93 bits per heavy atom. The van der Waals surface area contributed by atoms with E-state index < -0.39 is 0 Å². The summed E-state index contributed by atoms with van der Waals surface area (Å²) in [4.78, 5) is 14.1. The Kier molecular flexibility index (Phi) is 2.80. The smallest absolute Gasteiger partial charge is 0.237 e. The molecule has 5 heteroatoms. The van der Waals surface area contributed by atoms with Crippen molar-refractivity contribution in [2.45, 2.75) is 4.90 Å². The minimum absolute atomic E-state index is 0.0914. The van der Waals surface area contributed by atoms with E-state index >= 15 is 0 Å². The van der Waals surface area contributed by atoms with Crippen LogP contribution in [0.25, 0.3) is 0 Å². The average molecular weight is 244 g/mol. The molecule has 1 heterocycles. The van der Waals surface area contributed by atoms with Crippen molar-refractivity contribution in [1.82, 2.24) is 0 Å². The van der Waals surface area contributed by atoms with Gasteiger partial charge in [0.15, 0.2) is 0 Å². The summed E-state index contributed by atoms with van der Waals surface area (Å²) < 4.78 is 5.12. The van der Waals surface area contributed by atoms with Gasteiger partial charge in [-0.2, -0.15) is 0 Å². The molecule has 0 unspecified atom stereocenters. The average Bonchev–Trinajstić information content (AvgIpc) is 2.24. The van der Waals surface area contributed by atoms with Crippen molar-refractivity contribution in [3.05, 3.63) is 17.2 Å². The van der Waals surface area contributed by atoms with Crippen LogP contribution in [-0.4, -0.2) is 25.8 Å². The van der Waals surface area contributed by atoms with Gasteiger partial charge in [0.25, 0.3) is 0 Å². The monoisotopic (exact) mass is 243 g/mol. The third-order valence-corrected chi connectivity index (χ3v) is 3.64. The fourth-order valence-electron chi connectivity index (χ4n) is 1.43. The Morgan fingerprint density at radius 2 is 2.27 bits per heavy atom. The molecule has 0 aromatic heterocycles. The highest BCUT2D eigenvalue weighted by Crippen LogP contribution is 2.40. The van der Waals surface area contributed by atoms with Gasteiger partial charge in [-0.05, 0) is 12.1 Å². The minimum Gasteiger partial charge on any atom is -0.495 e. The van der Waals surface area contributed by atoms with Crippen molar-refractivity contribution >= 4 is 35.0 Å². The van der Waals surface area contributed by atoms with Crippen LogP contribution in [0, 0.1) is 0 Å². The number of ether oxygens (including phenoxy) is 1. The van der Waals surface area contributed by atoms with Crippen LogP contribution in [0.1, 0.15) is 0 Å². The minimum atomic E-state index is 0.0914. The quantitative estimate of drug-likeness (QED) is 0.759. The van der Waals surface area contributed by atoms with Gasteiger partial charge in [-0.25, -0.2) is 0 Å². The first-order chi connectivity index (χ1) is 7.13. The van der Waals surface area contributed by atoms with Gasteiger partial charge in [0, 0.05) is 11.9 Å². The lowest BCUT2D eigenvalue weighted by molar-refractivity contribution is -0.116. The molecule has 15 heavy (non-hydrogen) atoms. The maximum absolute atomic E-state index is 11.5.